The van der Waals surface area contributed by atoms with Crippen LogP contribution >= 0.6 is 0 Å². The number of allylic oxidation sites excluding steroid dienone is 1. The molecule has 1 N–H and O–H groups in total. The molecule has 29 heavy (non-hydrogen) atoms. The van der Waals surface area contributed by atoms with Gasteiger partial charge in [-0.3, -0.25) is 4.79 Å². The third kappa shape index (κ3) is 3.47. The lowest BCUT2D eigenvalue weighted by atomic mass is 9.89. The van der Waals surface area contributed by atoms with Gasteiger partial charge in [0.25, 0.3) is 0 Å². The lowest BCUT2D eigenvalue weighted by Gasteiger charge is -2.17. The van der Waals surface area contributed by atoms with Crippen LogP contribution < -0.4 is 10.2 Å². The third-order valence-electron chi connectivity index (χ3n) is 5.08. The Labute approximate surface area is 170 Å². The molecule has 0 aliphatic rings. The van der Waals surface area contributed by atoms with Crippen molar-refractivity contribution in [2.45, 2.75) is 13.8 Å². The molecule has 0 atom stereocenters. The maximum absolute atomic E-state index is 13.8. The third-order valence-corrected chi connectivity index (χ3v) is 5.08. The fraction of sp³-hybridized carbons (Fsp3) is 0.115. The van der Waals surface area contributed by atoms with Crippen LogP contribution in [0.2, 0.25) is 0 Å². The van der Waals surface area contributed by atoms with Gasteiger partial charge in [0.15, 0.2) is 5.43 Å². The number of rotatable bonds is 4. The van der Waals surface area contributed by atoms with E-state index in [1.807, 2.05) is 86.6 Å². The van der Waals surface area contributed by atoms with Crippen molar-refractivity contribution in [2.75, 3.05) is 7.11 Å². The fourth-order valence-electron chi connectivity index (χ4n) is 3.74. The summed E-state index contributed by atoms with van der Waals surface area (Å²) in [5, 5.41) is 0.619. The Morgan fingerprint density at radius 3 is 2.14 bits per heavy atom. The molecular weight excluding hydrogens is 358 g/mol. The van der Waals surface area contributed by atoms with Crippen LogP contribution in [0.25, 0.3) is 27.7 Å². The van der Waals surface area contributed by atoms with Crippen LogP contribution in [0.5, 0.6) is 5.75 Å². The second kappa shape index (κ2) is 7.80. The first-order chi connectivity index (χ1) is 14.1. The molecule has 3 heteroatoms. The topological polar surface area (TPSA) is 42.1 Å². The largest absolute Gasteiger partial charge is 0.497 e. The van der Waals surface area contributed by atoms with Gasteiger partial charge in [0.2, 0.25) is 0 Å². The monoisotopic (exact) mass is 381 g/mol. The van der Waals surface area contributed by atoms with Gasteiger partial charge in [0.1, 0.15) is 5.75 Å². The minimum absolute atomic E-state index is 0.00319. The molecule has 0 bridgehead atoms. The van der Waals surface area contributed by atoms with Gasteiger partial charge >= 0.3 is 0 Å². The molecule has 0 unspecified atom stereocenters. The van der Waals surface area contributed by atoms with Crippen LogP contribution in [-0.2, 0) is 0 Å². The van der Waals surface area contributed by atoms with E-state index < -0.39 is 0 Å². The molecule has 4 rings (SSSR count). The first kappa shape index (κ1) is 18.8. The molecule has 0 saturated carbocycles. The molecule has 4 aromatic rings. The Hall–Kier alpha value is -3.59. The molecule has 3 aromatic carbocycles. The second-order valence-corrected chi connectivity index (χ2v) is 7.22. The Morgan fingerprint density at radius 1 is 0.862 bits per heavy atom. The van der Waals surface area contributed by atoms with Crippen molar-refractivity contribution in [3.05, 3.63) is 106 Å². The summed E-state index contributed by atoms with van der Waals surface area (Å²) in [6.45, 7) is 4.10. The zero-order chi connectivity index (χ0) is 20.4. The van der Waals surface area contributed by atoms with Gasteiger partial charge in [-0.25, -0.2) is 0 Å². The number of hydrogen-bond acceptors (Lipinski definition) is 2. The number of fused-ring (bicyclic) bond motifs is 1. The summed E-state index contributed by atoms with van der Waals surface area (Å²) >= 11 is 0. The molecule has 0 aliphatic heterocycles. The highest BCUT2D eigenvalue weighted by atomic mass is 16.5. The molecule has 0 spiro atoms. The minimum Gasteiger partial charge on any atom is -0.497 e. The highest BCUT2D eigenvalue weighted by Crippen LogP contribution is 2.33. The number of H-pyrrole nitrogens is 1. The maximum Gasteiger partial charge on any atom is 0.197 e. The van der Waals surface area contributed by atoms with Crippen molar-refractivity contribution in [1.29, 1.82) is 0 Å². The van der Waals surface area contributed by atoms with E-state index in [0.717, 1.165) is 33.5 Å². The van der Waals surface area contributed by atoms with E-state index in [1.54, 1.807) is 13.2 Å². The predicted octanol–water partition coefficient (Wildman–Crippen LogP) is 6.05. The van der Waals surface area contributed by atoms with Crippen molar-refractivity contribution in [3.63, 3.8) is 0 Å². The van der Waals surface area contributed by atoms with Crippen molar-refractivity contribution < 1.29 is 4.74 Å². The Morgan fingerprint density at radius 2 is 1.52 bits per heavy atom. The van der Waals surface area contributed by atoms with Crippen LogP contribution in [0.4, 0.5) is 0 Å². The van der Waals surface area contributed by atoms with E-state index in [1.165, 1.54) is 0 Å². The van der Waals surface area contributed by atoms with Crippen molar-refractivity contribution in [2.24, 2.45) is 0 Å². The number of nitrogens with one attached hydrogen (secondary N) is 1. The zero-order valence-electron chi connectivity index (χ0n) is 16.8. The van der Waals surface area contributed by atoms with Crippen molar-refractivity contribution >= 4 is 16.5 Å². The number of benzene rings is 3. The van der Waals surface area contributed by atoms with Crippen molar-refractivity contribution in [1.82, 2.24) is 4.98 Å². The van der Waals surface area contributed by atoms with Gasteiger partial charge in [-0.1, -0.05) is 66.2 Å². The van der Waals surface area contributed by atoms with Crippen LogP contribution in [-0.4, -0.2) is 12.1 Å². The summed E-state index contributed by atoms with van der Waals surface area (Å²) in [6.07, 6.45) is 0. The van der Waals surface area contributed by atoms with Gasteiger partial charge in [-0.2, -0.15) is 0 Å². The lowest BCUT2D eigenvalue weighted by Crippen LogP contribution is -2.14. The number of pyridine rings is 1. The first-order valence-corrected chi connectivity index (χ1v) is 9.63. The quantitative estimate of drug-likeness (QED) is 0.468. The van der Waals surface area contributed by atoms with Crippen molar-refractivity contribution in [3.8, 4) is 17.0 Å². The number of aromatic nitrogens is 1. The van der Waals surface area contributed by atoms with Gasteiger partial charge < -0.3 is 9.72 Å². The number of hydrogen-bond donors (Lipinski definition) is 1. The summed E-state index contributed by atoms with van der Waals surface area (Å²) < 4.78 is 5.36. The normalized spacial score (nSPS) is 10.7. The van der Waals surface area contributed by atoms with E-state index >= 15 is 0 Å². The second-order valence-electron chi connectivity index (χ2n) is 7.22. The smallest absolute Gasteiger partial charge is 0.197 e. The van der Waals surface area contributed by atoms with E-state index in [0.29, 0.717) is 16.7 Å². The molecule has 144 valence electrons. The molecule has 3 nitrogen and oxygen atoms in total. The highest BCUT2D eigenvalue weighted by Gasteiger charge is 2.20. The molecule has 0 amide bonds. The van der Waals surface area contributed by atoms with E-state index in [-0.39, 0.29) is 5.43 Å². The van der Waals surface area contributed by atoms with Crippen LogP contribution in [0.3, 0.4) is 0 Å². The SMILES string of the molecule is COc1ccc2[nH]c(-c3ccccc3)c(C(=C(C)C)c3ccccc3)c(=O)c2c1. The Balaban J connectivity index is 2.14. The highest BCUT2D eigenvalue weighted by molar-refractivity contribution is 5.94. The number of methoxy groups -OCH3 is 1. The average molecular weight is 381 g/mol. The Kier molecular flexibility index (Phi) is 5.05. The van der Waals surface area contributed by atoms with E-state index in [4.69, 9.17) is 4.74 Å². The molecule has 0 aliphatic carbocycles. The van der Waals surface area contributed by atoms with Crippen LogP contribution in [0, 0.1) is 0 Å². The van der Waals surface area contributed by atoms with Gasteiger partial charge in [0.05, 0.1) is 23.9 Å². The summed E-state index contributed by atoms with van der Waals surface area (Å²) in [6, 6.07) is 25.7. The molecular formula is C26H23NO2. The summed E-state index contributed by atoms with van der Waals surface area (Å²) in [5.74, 6) is 0.667. The summed E-state index contributed by atoms with van der Waals surface area (Å²) in [7, 11) is 1.61. The van der Waals surface area contributed by atoms with Gasteiger partial charge in [-0.05, 0) is 48.7 Å². The van der Waals surface area contributed by atoms with Gasteiger partial charge in [-0.15, -0.1) is 0 Å². The van der Waals surface area contributed by atoms with E-state index in [9.17, 15) is 4.79 Å². The zero-order valence-corrected chi connectivity index (χ0v) is 16.8. The first-order valence-electron chi connectivity index (χ1n) is 9.63. The molecule has 1 aromatic heterocycles. The molecule has 1 heterocycles. The number of aromatic amines is 1. The predicted molar refractivity (Wildman–Crippen MR) is 120 cm³/mol. The molecule has 0 radical (unpaired) electrons. The Bertz CT molecular complexity index is 1250. The minimum atomic E-state index is -0.00319. The number of ether oxygens (including phenoxy) is 1. The lowest BCUT2D eigenvalue weighted by molar-refractivity contribution is 0.415. The average Bonchev–Trinajstić information content (AvgIpc) is 2.76. The summed E-state index contributed by atoms with van der Waals surface area (Å²) in [5.41, 5.74) is 6.34. The van der Waals surface area contributed by atoms with E-state index in [2.05, 4.69) is 4.98 Å². The maximum atomic E-state index is 13.8. The molecule has 0 fully saturated rings. The summed E-state index contributed by atoms with van der Waals surface area (Å²) in [4.78, 5) is 17.3. The van der Waals surface area contributed by atoms with Crippen LogP contribution in [0.15, 0.2) is 89.2 Å². The standard InChI is InChI=1S/C26H23NO2/c1-17(2)23(18-10-6-4-7-11-18)24-25(19-12-8-5-9-13-19)27-22-15-14-20(29-3)16-21(22)26(24)28/h4-16H,1-3H3,(H,27,28). The molecule has 0 saturated heterocycles. The van der Waals surface area contributed by atoms with Crippen LogP contribution in [0.1, 0.15) is 25.0 Å². The van der Waals surface area contributed by atoms with Gasteiger partial charge in [0, 0.05) is 5.39 Å². The fourth-order valence-corrected chi connectivity index (χ4v) is 3.74.